The summed E-state index contributed by atoms with van der Waals surface area (Å²) >= 11 is 0. The SMILES string of the molecule is C=C(C(=O)O)c1cc2c(Nc3ccc4[nH]ccc4c3)ncnc2cc1OCCCN1CCOCC1. The van der Waals surface area contributed by atoms with Gasteiger partial charge in [0.05, 0.1) is 30.9 Å². The van der Waals surface area contributed by atoms with Crippen LogP contribution in [0.15, 0.2) is 55.5 Å². The zero-order valence-electron chi connectivity index (χ0n) is 19.3. The Morgan fingerprint density at radius 2 is 2.06 bits per heavy atom. The molecular weight excluding hydrogens is 446 g/mol. The number of morpholine rings is 1. The Labute approximate surface area is 202 Å². The summed E-state index contributed by atoms with van der Waals surface area (Å²) in [6.45, 7) is 8.46. The molecule has 1 fully saturated rings. The van der Waals surface area contributed by atoms with E-state index < -0.39 is 5.97 Å². The molecule has 3 N–H and O–H groups in total. The van der Waals surface area contributed by atoms with E-state index in [1.165, 1.54) is 6.33 Å². The van der Waals surface area contributed by atoms with Gasteiger partial charge < -0.3 is 24.9 Å². The number of carbonyl (C=O) groups is 1. The number of carboxylic acids is 1. The molecule has 9 heteroatoms. The fraction of sp³-hybridized carbons (Fsp3) is 0.269. The molecule has 1 aliphatic heterocycles. The van der Waals surface area contributed by atoms with Gasteiger partial charge in [-0.2, -0.15) is 0 Å². The molecule has 0 radical (unpaired) electrons. The minimum Gasteiger partial charge on any atom is -0.493 e. The van der Waals surface area contributed by atoms with Gasteiger partial charge >= 0.3 is 5.97 Å². The van der Waals surface area contributed by atoms with Gasteiger partial charge in [-0.1, -0.05) is 6.58 Å². The summed E-state index contributed by atoms with van der Waals surface area (Å²) in [5, 5.41) is 14.7. The number of carboxylic acid groups (broad SMARTS) is 1. The van der Waals surface area contributed by atoms with E-state index in [0.29, 0.717) is 34.6 Å². The van der Waals surface area contributed by atoms with Crippen LogP contribution in [0.5, 0.6) is 5.75 Å². The molecule has 0 aliphatic carbocycles. The molecule has 0 atom stereocenters. The van der Waals surface area contributed by atoms with Crippen LogP contribution < -0.4 is 10.1 Å². The second-order valence-corrected chi connectivity index (χ2v) is 8.43. The molecule has 1 saturated heterocycles. The summed E-state index contributed by atoms with van der Waals surface area (Å²) in [5.74, 6) is -0.0831. The summed E-state index contributed by atoms with van der Waals surface area (Å²) in [5.41, 5.74) is 2.92. The van der Waals surface area contributed by atoms with E-state index in [-0.39, 0.29) is 5.57 Å². The maximum atomic E-state index is 11.8. The maximum absolute atomic E-state index is 11.8. The Balaban J connectivity index is 1.40. The van der Waals surface area contributed by atoms with Crippen LogP contribution in [-0.4, -0.2) is 70.4 Å². The average Bonchev–Trinajstić information content (AvgIpc) is 3.34. The molecule has 180 valence electrons. The number of aromatic amines is 1. The predicted molar refractivity (Wildman–Crippen MR) is 135 cm³/mol. The lowest BCUT2D eigenvalue weighted by Gasteiger charge is -2.26. The Hall–Kier alpha value is -3.95. The number of hydrogen-bond acceptors (Lipinski definition) is 7. The van der Waals surface area contributed by atoms with Gasteiger partial charge in [0.1, 0.15) is 17.9 Å². The number of aliphatic carboxylic acids is 1. The third-order valence-electron chi connectivity index (χ3n) is 6.12. The predicted octanol–water partition coefficient (Wildman–Crippen LogP) is 4.05. The third-order valence-corrected chi connectivity index (χ3v) is 6.12. The van der Waals surface area contributed by atoms with Crippen molar-refractivity contribution >= 4 is 44.9 Å². The van der Waals surface area contributed by atoms with Crippen molar-refractivity contribution in [2.24, 2.45) is 0 Å². The van der Waals surface area contributed by atoms with E-state index >= 15 is 0 Å². The zero-order chi connectivity index (χ0) is 24.2. The molecule has 2 aromatic heterocycles. The van der Waals surface area contributed by atoms with Crippen LogP contribution in [0.2, 0.25) is 0 Å². The number of rotatable bonds is 9. The molecular formula is C26H27N5O4. The highest BCUT2D eigenvalue weighted by atomic mass is 16.5. The van der Waals surface area contributed by atoms with Crippen molar-refractivity contribution in [3.63, 3.8) is 0 Å². The summed E-state index contributed by atoms with van der Waals surface area (Å²) in [4.78, 5) is 26.1. The molecule has 3 heterocycles. The monoisotopic (exact) mass is 473 g/mol. The molecule has 0 spiro atoms. The lowest BCUT2D eigenvalue weighted by Crippen LogP contribution is -2.37. The number of H-pyrrole nitrogens is 1. The Morgan fingerprint density at radius 3 is 2.89 bits per heavy atom. The Kier molecular flexibility index (Phi) is 6.60. The van der Waals surface area contributed by atoms with Gasteiger partial charge in [-0.05, 0) is 36.8 Å². The number of nitrogens with zero attached hydrogens (tertiary/aromatic N) is 3. The molecule has 2 aromatic carbocycles. The lowest BCUT2D eigenvalue weighted by atomic mass is 10.0. The number of fused-ring (bicyclic) bond motifs is 2. The van der Waals surface area contributed by atoms with Crippen LogP contribution >= 0.6 is 0 Å². The standard InChI is InChI=1S/C26H27N5O4/c1-17(26(32)33)20-14-21-23(15-24(20)35-10-2-7-31-8-11-34-12-9-31)28-16-29-25(21)30-19-3-4-22-18(13-19)5-6-27-22/h3-6,13-16,27H,1-2,7-12H2,(H,32,33)(H,28,29,30). The lowest BCUT2D eigenvalue weighted by molar-refractivity contribution is -0.130. The van der Waals surface area contributed by atoms with E-state index in [1.807, 2.05) is 30.5 Å². The van der Waals surface area contributed by atoms with Crippen molar-refractivity contribution in [2.75, 3.05) is 44.8 Å². The second-order valence-electron chi connectivity index (χ2n) is 8.43. The number of ether oxygens (including phenoxy) is 2. The van der Waals surface area contributed by atoms with Gasteiger partial charge in [0.2, 0.25) is 0 Å². The van der Waals surface area contributed by atoms with Crippen LogP contribution in [-0.2, 0) is 9.53 Å². The fourth-order valence-electron chi connectivity index (χ4n) is 4.22. The minimum atomic E-state index is -1.10. The first-order valence-corrected chi connectivity index (χ1v) is 11.6. The van der Waals surface area contributed by atoms with Gasteiger partial charge in [0.15, 0.2) is 0 Å². The highest BCUT2D eigenvalue weighted by Crippen LogP contribution is 2.34. The van der Waals surface area contributed by atoms with Crippen molar-refractivity contribution in [1.29, 1.82) is 0 Å². The normalized spacial score (nSPS) is 14.3. The molecule has 35 heavy (non-hydrogen) atoms. The molecule has 0 bridgehead atoms. The van der Waals surface area contributed by atoms with Gasteiger partial charge in [-0.25, -0.2) is 14.8 Å². The largest absolute Gasteiger partial charge is 0.493 e. The highest BCUT2D eigenvalue weighted by Gasteiger charge is 2.18. The van der Waals surface area contributed by atoms with Crippen LogP contribution in [0.25, 0.3) is 27.4 Å². The van der Waals surface area contributed by atoms with Crippen molar-refractivity contribution in [1.82, 2.24) is 19.9 Å². The van der Waals surface area contributed by atoms with Crippen LogP contribution in [0.3, 0.4) is 0 Å². The zero-order valence-corrected chi connectivity index (χ0v) is 19.3. The Bertz CT molecular complexity index is 1380. The van der Waals surface area contributed by atoms with E-state index in [4.69, 9.17) is 9.47 Å². The van der Waals surface area contributed by atoms with Crippen LogP contribution in [0, 0.1) is 0 Å². The average molecular weight is 474 g/mol. The van der Waals surface area contributed by atoms with Crippen molar-refractivity contribution in [3.8, 4) is 5.75 Å². The first-order chi connectivity index (χ1) is 17.1. The van der Waals surface area contributed by atoms with Crippen LogP contribution in [0.4, 0.5) is 11.5 Å². The molecule has 0 unspecified atom stereocenters. The van der Waals surface area contributed by atoms with Gasteiger partial charge in [0, 0.05) is 59.4 Å². The number of hydrogen-bond donors (Lipinski definition) is 3. The van der Waals surface area contributed by atoms with E-state index in [2.05, 4.69) is 31.7 Å². The molecule has 0 amide bonds. The fourth-order valence-corrected chi connectivity index (χ4v) is 4.22. The first-order valence-electron chi connectivity index (χ1n) is 11.6. The molecule has 0 saturated carbocycles. The quantitative estimate of drug-likeness (QED) is 0.247. The van der Waals surface area contributed by atoms with E-state index in [0.717, 1.165) is 55.9 Å². The topological polar surface area (TPSA) is 113 Å². The minimum absolute atomic E-state index is 0.0429. The number of nitrogens with one attached hydrogen (secondary N) is 2. The summed E-state index contributed by atoms with van der Waals surface area (Å²) in [7, 11) is 0. The number of aromatic nitrogens is 3. The molecule has 4 aromatic rings. The summed E-state index contributed by atoms with van der Waals surface area (Å²) < 4.78 is 11.4. The Morgan fingerprint density at radius 1 is 1.20 bits per heavy atom. The van der Waals surface area contributed by atoms with Crippen molar-refractivity contribution in [3.05, 3.63) is 61.1 Å². The molecule has 1 aliphatic rings. The first kappa shape index (κ1) is 22.8. The van der Waals surface area contributed by atoms with E-state index in [9.17, 15) is 9.90 Å². The van der Waals surface area contributed by atoms with Gasteiger partial charge in [0.25, 0.3) is 0 Å². The maximum Gasteiger partial charge on any atom is 0.335 e. The number of anilines is 2. The van der Waals surface area contributed by atoms with Gasteiger partial charge in [-0.15, -0.1) is 0 Å². The van der Waals surface area contributed by atoms with Crippen molar-refractivity contribution in [2.45, 2.75) is 6.42 Å². The van der Waals surface area contributed by atoms with Crippen LogP contribution in [0.1, 0.15) is 12.0 Å². The second kappa shape index (κ2) is 10.1. The third kappa shape index (κ3) is 5.11. The molecule has 9 nitrogen and oxygen atoms in total. The highest BCUT2D eigenvalue weighted by molar-refractivity contribution is 6.16. The summed E-state index contributed by atoms with van der Waals surface area (Å²) in [6.07, 6.45) is 4.18. The van der Waals surface area contributed by atoms with Gasteiger partial charge in [-0.3, -0.25) is 4.90 Å². The number of benzene rings is 2. The molecule has 5 rings (SSSR count). The van der Waals surface area contributed by atoms with Crippen molar-refractivity contribution < 1.29 is 19.4 Å². The summed E-state index contributed by atoms with van der Waals surface area (Å²) in [6, 6.07) is 11.5. The smallest absolute Gasteiger partial charge is 0.335 e. The van der Waals surface area contributed by atoms with E-state index in [1.54, 1.807) is 12.1 Å².